The highest BCUT2D eigenvalue weighted by Gasteiger charge is 2.20. The molecule has 0 aliphatic carbocycles. The molecule has 0 amide bonds. The third-order valence-electron chi connectivity index (χ3n) is 4.94. The second kappa shape index (κ2) is 9.75. The molecule has 0 bridgehead atoms. The monoisotopic (exact) mass is 420 g/mol. The topological polar surface area (TPSA) is 90.7 Å². The molecule has 0 saturated heterocycles. The molecule has 0 radical (unpaired) electrons. The molecule has 1 unspecified atom stereocenters. The van der Waals surface area contributed by atoms with Gasteiger partial charge in [-0.2, -0.15) is 0 Å². The van der Waals surface area contributed by atoms with Gasteiger partial charge in [-0.05, 0) is 48.4 Å². The average molecular weight is 420 g/mol. The Labute approximate surface area is 180 Å². The van der Waals surface area contributed by atoms with E-state index in [0.717, 1.165) is 11.3 Å². The van der Waals surface area contributed by atoms with E-state index in [1.165, 1.54) is 26.4 Å². The number of ether oxygens (including phenoxy) is 2. The number of nitrogens with one attached hydrogen (secondary N) is 1. The highest BCUT2D eigenvalue weighted by Crippen LogP contribution is 2.31. The Balaban J connectivity index is 1.93. The van der Waals surface area contributed by atoms with Gasteiger partial charge in [0.05, 0.1) is 25.2 Å². The number of hydrogen-bond donors (Lipinski definition) is 1. The lowest BCUT2D eigenvalue weighted by Gasteiger charge is -2.20. The van der Waals surface area contributed by atoms with Crippen LogP contribution in [0, 0.1) is 17.0 Å². The summed E-state index contributed by atoms with van der Waals surface area (Å²) in [4.78, 5) is 23.9. The van der Waals surface area contributed by atoms with E-state index in [1.807, 2.05) is 31.2 Å². The number of Topliss-reactive ketones (excluding diaryl/α,β-unsaturated/α-hetero) is 1. The predicted octanol–water partition coefficient (Wildman–Crippen LogP) is 5.35. The lowest BCUT2D eigenvalue weighted by Crippen LogP contribution is -2.16. The number of non-ortho nitro benzene ring substituents is 1. The fourth-order valence-corrected chi connectivity index (χ4v) is 3.36. The zero-order valence-electron chi connectivity index (χ0n) is 17.6. The molecule has 1 atom stereocenters. The second-order valence-corrected chi connectivity index (χ2v) is 7.12. The van der Waals surface area contributed by atoms with Crippen molar-refractivity contribution in [1.29, 1.82) is 0 Å². The van der Waals surface area contributed by atoms with Crippen molar-refractivity contribution in [1.82, 2.24) is 0 Å². The van der Waals surface area contributed by atoms with Crippen molar-refractivity contribution in [3.05, 3.63) is 93.5 Å². The minimum atomic E-state index is -0.456. The number of carbonyl (C=O) groups is 1. The summed E-state index contributed by atoms with van der Waals surface area (Å²) in [5, 5.41) is 14.6. The Morgan fingerprint density at radius 3 is 2.42 bits per heavy atom. The van der Waals surface area contributed by atoms with E-state index in [0.29, 0.717) is 22.6 Å². The Morgan fingerprint density at radius 2 is 1.74 bits per heavy atom. The van der Waals surface area contributed by atoms with Gasteiger partial charge in [-0.15, -0.1) is 0 Å². The summed E-state index contributed by atoms with van der Waals surface area (Å²) >= 11 is 0. The molecule has 7 nitrogen and oxygen atoms in total. The number of hydrogen-bond acceptors (Lipinski definition) is 6. The molecule has 31 heavy (non-hydrogen) atoms. The van der Waals surface area contributed by atoms with Crippen molar-refractivity contribution in [3.8, 4) is 11.5 Å². The van der Waals surface area contributed by atoms with Gasteiger partial charge in [-0.25, -0.2) is 0 Å². The van der Waals surface area contributed by atoms with Crippen LogP contribution >= 0.6 is 0 Å². The largest absolute Gasteiger partial charge is 0.493 e. The number of rotatable bonds is 9. The smallest absolute Gasteiger partial charge is 0.269 e. The lowest BCUT2D eigenvalue weighted by molar-refractivity contribution is -0.384. The fourth-order valence-electron chi connectivity index (χ4n) is 3.36. The molecule has 3 aromatic carbocycles. The van der Waals surface area contributed by atoms with E-state index in [1.54, 1.807) is 30.3 Å². The Kier molecular flexibility index (Phi) is 6.87. The van der Waals surface area contributed by atoms with Crippen LogP contribution in [0.3, 0.4) is 0 Å². The van der Waals surface area contributed by atoms with Gasteiger partial charge < -0.3 is 14.8 Å². The van der Waals surface area contributed by atoms with Crippen molar-refractivity contribution in [2.75, 3.05) is 19.5 Å². The van der Waals surface area contributed by atoms with Crippen LogP contribution in [-0.2, 0) is 0 Å². The van der Waals surface area contributed by atoms with E-state index in [9.17, 15) is 14.9 Å². The number of nitrogens with zero attached hydrogens (tertiary/aromatic N) is 1. The highest BCUT2D eigenvalue weighted by molar-refractivity contribution is 5.97. The first-order valence-electron chi connectivity index (χ1n) is 9.74. The first-order valence-corrected chi connectivity index (χ1v) is 9.74. The van der Waals surface area contributed by atoms with Gasteiger partial charge in [-0.3, -0.25) is 14.9 Å². The fraction of sp³-hybridized carbons (Fsp3) is 0.208. The SMILES string of the molecule is COc1ccc(C(=O)CC(Nc2cccc(C)c2)c2cccc([N+](=O)[O-])c2)cc1OC. The number of benzene rings is 3. The van der Waals surface area contributed by atoms with Crippen molar-refractivity contribution in [2.24, 2.45) is 0 Å². The van der Waals surface area contributed by atoms with Crippen molar-refractivity contribution in [2.45, 2.75) is 19.4 Å². The van der Waals surface area contributed by atoms with Crippen LogP contribution in [-0.4, -0.2) is 24.9 Å². The maximum Gasteiger partial charge on any atom is 0.269 e. The predicted molar refractivity (Wildman–Crippen MR) is 119 cm³/mol. The van der Waals surface area contributed by atoms with Crippen LogP contribution in [0.5, 0.6) is 11.5 Å². The summed E-state index contributed by atoms with van der Waals surface area (Å²) in [5.41, 5.74) is 3.00. The average Bonchev–Trinajstić information content (AvgIpc) is 2.78. The molecule has 0 aromatic heterocycles. The molecule has 0 aliphatic heterocycles. The van der Waals surface area contributed by atoms with Gasteiger partial charge in [0.15, 0.2) is 17.3 Å². The van der Waals surface area contributed by atoms with Gasteiger partial charge in [0.2, 0.25) is 0 Å². The molecular weight excluding hydrogens is 396 g/mol. The minimum Gasteiger partial charge on any atom is -0.493 e. The quantitative estimate of drug-likeness (QED) is 0.285. The molecule has 1 N–H and O–H groups in total. The zero-order valence-corrected chi connectivity index (χ0v) is 17.6. The van der Waals surface area contributed by atoms with E-state index in [2.05, 4.69) is 5.32 Å². The zero-order chi connectivity index (χ0) is 22.4. The summed E-state index contributed by atoms with van der Waals surface area (Å²) < 4.78 is 10.5. The third kappa shape index (κ3) is 5.39. The van der Waals surface area contributed by atoms with Gasteiger partial charge in [-0.1, -0.05) is 24.3 Å². The molecule has 7 heteroatoms. The number of nitro benzene ring substituents is 1. The Hall–Kier alpha value is -3.87. The summed E-state index contributed by atoms with van der Waals surface area (Å²) in [6.07, 6.45) is 0.102. The highest BCUT2D eigenvalue weighted by atomic mass is 16.6. The van der Waals surface area contributed by atoms with E-state index < -0.39 is 11.0 Å². The molecule has 0 aliphatic rings. The van der Waals surface area contributed by atoms with Crippen LogP contribution in [0.2, 0.25) is 0 Å². The van der Waals surface area contributed by atoms with E-state index >= 15 is 0 Å². The van der Waals surface area contributed by atoms with Gasteiger partial charge >= 0.3 is 0 Å². The number of methoxy groups -OCH3 is 2. The molecule has 160 valence electrons. The van der Waals surface area contributed by atoms with Crippen LogP contribution in [0.15, 0.2) is 66.7 Å². The van der Waals surface area contributed by atoms with Gasteiger partial charge in [0.1, 0.15) is 0 Å². The molecule has 3 rings (SSSR count). The van der Waals surface area contributed by atoms with Gasteiger partial charge in [0.25, 0.3) is 5.69 Å². The third-order valence-corrected chi connectivity index (χ3v) is 4.94. The van der Waals surface area contributed by atoms with Crippen LogP contribution in [0.25, 0.3) is 0 Å². The van der Waals surface area contributed by atoms with E-state index in [-0.39, 0.29) is 17.9 Å². The standard InChI is InChI=1S/C24H24N2O5/c1-16-6-4-8-19(12-16)25-21(17-7-5-9-20(13-17)26(28)29)15-22(27)18-10-11-23(30-2)24(14-18)31-3/h4-14,21,25H,15H2,1-3H3. The van der Waals surface area contributed by atoms with Crippen molar-refractivity contribution in [3.63, 3.8) is 0 Å². The maximum absolute atomic E-state index is 13.1. The number of ketones is 1. The van der Waals surface area contributed by atoms with Crippen molar-refractivity contribution >= 4 is 17.2 Å². The number of anilines is 1. The molecule has 0 heterocycles. The maximum atomic E-state index is 13.1. The first-order chi connectivity index (χ1) is 14.9. The molecule has 0 saturated carbocycles. The molecule has 0 fully saturated rings. The Morgan fingerprint density at radius 1 is 1.00 bits per heavy atom. The van der Waals surface area contributed by atoms with Crippen LogP contribution < -0.4 is 14.8 Å². The number of nitro groups is 1. The summed E-state index contributed by atoms with van der Waals surface area (Å²) in [6, 6.07) is 18.6. The normalized spacial score (nSPS) is 11.5. The first kappa shape index (κ1) is 21.8. The summed E-state index contributed by atoms with van der Waals surface area (Å²) in [6.45, 7) is 1.97. The van der Waals surface area contributed by atoms with Crippen LogP contribution in [0.4, 0.5) is 11.4 Å². The number of carbonyl (C=O) groups excluding carboxylic acids is 1. The van der Waals surface area contributed by atoms with Crippen molar-refractivity contribution < 1.29 is 19.2 Å². The summed E-state index contributed by atoms with van der Waals surface area (Å²) in [7, 11) is 3.04. The summed E-state index contributed by atoms with van der Waals surface area (Å²) in [5.74, 6) is 0.872. The minimum absolute atomic E-state index is 0.0212. The number of aryl methyl sites for hydroxylation is 1. The lowest BCUT2D eigenvalue weighted by atomic mass is 9.96. The van der Waals surface area contributed by atoms with Crippen LogP contribution in [0.1, 0.15) is 33.9 Å². The molecule has 3 aromatic rings. The Bertz CT molecular complexity index is 1100. The second-order valence-electron chi connectivity index (χ2n) is 7.12. The van der Waals surface area contributed by atoms with E-state index in [4.69, 9.17) is 9.47 Å². The molecule has 0 spiro atoms. The van der Waals surface area contributed by atoms with Gasteiger partial charge in [0, 0.05) is 29.8 Å². The molecular formula is C24H24N2O5.